The van der Waals surface area contributed by atoms with Crippen molar-refractivity contribution >= 4 is 5.69 Å². The van der Waals surface area contributed by atoms with Crippen molar-refractivity contribution in [3.8, 4) is 0 Å². The maximum atomic E-state index is 6.01. The summed E-state index contributed by atoms with van der Waals surface area (Å²) in [5.41, 5.74) is 8.57. The van der Waals surface area contributed by atoms with Crippen LogP contribution in [-0.2, 0) is 0 Å². The fourth-order valence-corrected chi connectivity index (χ4v) is 2.49. The van der Waals surface area contributed by atoms with Crippen LogP contribution in [0.5, 0.6) is 0 Å². The Morgan fingerprint density at radius 1 is 1.00 bits per heavy atom. The molecule has 0 aliphatic heterocycles. The van der Waals surface area contributed by atoms with E-state index in [1.54, 1.807) is 0 Å². The summed E-state index contributed by atoms with van der Waals surface area (Å²) in [6.45, 7) is 7.37. The predicted octanol–water partition coefficient (Wildman–Crippen LogP) is 2.87. The Hall–Kier alpha value is -1.06. The van der Waals surface area contributed by atoms with Crippen molar-refractivity contribution in [1.29, 1.82) is 0 Å². The highest BCUT2D eigenvalue weighted by atomic mass is 15.2. The van der Waals surface area contributed by atoms with Crippen molar-refractivity contribution < 1.29 is 0 Å². The van der Waals surface area contributed by atoms with E-state index in [0.29, 0.717) is 12.6 Å². The maximum Gasteiger partial charge on any atom is 0.0470 e. The number of nitrogens with two attached hydrogens (primary N) is 1. The van der Waals surface area contributed by atoms with Gasteiger partial charge in [-0.05, 0) is 43.6 Å². The molecular formula is C16H29N3. The summed E-state index contributed by atoms with van der Waals surface area (Å²) >= 11 is 0. The van der Waals surface area contributed by atoms with Crippen LogP contribution in [0.2, 0.25) is 0 Å². The highest BCUT2D eigenvalue weighted by molar-refractivity contribution is 5.46. The van der Waals surface area contributed by atoms with E-state index in [1.807, 2.05) is 0 Å². The molecule has 0 saturated carbocycles. The predicted molar refractivity (Wildman–Crippen MR) is 84.7 cm³/mol. The molecular weight excluding hydrogens is 234 g/mol. The van der Waals surface area contributed by atoms with Gasteiger partial charge in [-0.25, -0.2) is 0 Å². The number of nitrogens with zero attached hydrogens (tertiary/aromatic N) is 2. The molecule has 1 aromatic carbocycles. The Kier molecular flexibility index (Phi) is 6.89. The van der Waals surface area contributed by atoms with Gasteiger partial charge in [0.15, 0.2) is 0 Å². The third-order valence-corrected chi connectivity index (χ3v) is 3.48. The minimum atomic E-state index is 0.344. The zero-order chi connectivity index (χ0) is 14.3. The van der Waals surface area contributed by atoms with Gasteiger partial charge < -0.3 is 10.6 Å². The first-order valence-electron chi connectivity index (χ1n) is 7.35. The quantitative estimate of drug-likeness (QED) is 0.783. The van der Waals surface area contributed by atoms with E-state index in [4.69, 9.17) is 5.73 Å². The Balaban J connectivity index is 2.87. The molecule has 0 bridgehead atoms. The second-order valence-corrected chi connectivity index (χ2v) is 5.27. The fraction of sp³-hybridized carbons (Fsp3) is 0.625. The molecule has 0 saturated heterocycles. The first kappa shape index (κ1) is 16.0. The van der Waals surface area contributed by atoms with Crippen molar-refractivity contribution in [3.05, 3.63) is 29.8 Å². The van der Waals surface area contributed by atoms with Crippen LogP contribution >= 0.6 is 0 Å². The molecule has 0 fully saturated rings. The van der Waals surface area contributed by atoms with E-state index >= 15 is 0 Å². The van der Waals surface area contributed by atoms with E-state index in [0.717, 1.165) is 13.1 Å². The number of hydrogen-bond acceptors (Lipinski definition) is 3. The zero-order valence-electron chi connectivity index (χ0n) is 12.9. The Bertz CT molecular complexity index is 340. The van der Waals surface area contributed by atoms with Crippen LogP contribution in [-0.4, -0.2) is 38.6 Å². The zero-order valence-corrected chi connectivity index (χ0v) is 12.9. The van der Waals surface area contributed by atoms with Crippen LogP contribution in [0.3, 0.4) is 0 Å². The van der Waals surface area contributed by atoms with E-state index in [-0.39, 0.29) is 0 Å². The van der Waals surface area contributed by atoms with Gasteiger partial charge in [0.05, 0.1) is 0 Å². The molecule has 1 aromatic rings. The van der Waals surface area contributed by atoms with Gasteiger partial charge >= 0.3 is 0 Å². The summed E-state index contributed by atoms with van der Waals surface area (Å²) in [6.07, 6.45) is 2.35. The van der Waals surface area contributed by atoms with Crippen molar-refractivity contribution in [2.75, 3.05) is 38.6 Å². The molecule has 3 heteroatoms. The summed E-state index contributed by atoms with van der Waals surface area (Å²) in [5, 5.41) is 0. The first-order chi connectivity index (χ1) is 9.13. The molecule has 2 N–H and O–H groups in total. The van der Waals surface area contributed by atoms with Crippen LogP contribution in [0.15, 0.2) is 24.3 Å². The third-order valence-electron chi connectivity index (χ3n) is 3.48. The molecule has 3 nitrogen and oxygen atoms in total. The van der Waals surface area contributed by atoms with Crippen molar-refractivity contribution in [2.45, 2.75) is 32.7 Å². The molecule has 19 heavy (non-hydrogen) atoms. The van der Waals surface area contributed by atoms with Gasteiger partial charge in [0.25, 0.3) is 0 Å². The molecule has 0 heterocycles. The Morgan fingerprint density at radius 3 is 1.89 bits per heavy atom. The van der Waals surface area contributed by atoms with Gasteiger partial charge in [-0.2, -0.15) is 0 Å². The lowest BCUT2D eigenvalue weighted by atomic mass is 10.0. The summed E-state index contributed by atoms with van der Waals surface area (Å²) < 4.78 is 0. The summed E-state index contributed by atoms with van der Waals surface area (Å²) in [6, 6.07) is 9.12. The average molecular weight is 263 g/mol. The van der Waals surface area contributed by atoms with E-state index in [9.17, 15) is 0 Å². The number of benzene rings is 1. The molecule has 0 radical (unpaired) electrons. The molecule has 108 valence electrons. The van der Waals surface area contributed by atoms with E-state index < -0.39 is 0 Å². The van der Waals surface area contributed by atoms with Gasteiger partial charge in [-0.15, -0.1) is 0 Å². The maximum absolute atomic E-state index is 6.01. The molecule has 1 atom stereocenters. The number of anilines is 1. The Morgan fingerprint density at radius 2 is 1.53 bits per heavy atom. The third kappa shape index (κ3) is 4.51. The van der Waals surface area contributed by atoms with Crippen LogP contribution in [0, 0.1) is 0 Å². The summed E-state index contributed by atoms with van der Waals surface area (Å²) in [4.78, 5) is 4.63. The largest absolute Gasteiger partial charge is 0.378 e. The molecule has 1 rings (SSSR count). The van der Waals surface area contributed by atoms with Gasteiger partial charge in [-0.3, -0.25) is 4.90 Å². The molecule has 1 unspecified atom stereocenters. The second kappa shape index (κ2) is 8.18. The highest BCUT2D eigenvalue weighted by Crippen LogP contribution is 2.23. The van der Waals surface area contributed by atoms with Crippen LogP contribution < -0.4 is 10.6 Å². The average Bonchev–Trinajstić information content (AvgIpc) is 2.40. The van der Waals surface area contributed by atoms with Crippen molar-refractivity contribution in [2.24, 2.45) is 5.73 Å². The van der Waals surface area contributed by atoms with Crippen LogP contribution in [0.1, 0.15) is 38.3 Å². The molecule has 0 spiro atoms. The fourth-order valence-electron chi connectivity index (χ4n) is 2.49. The number of rotatable bonds is 8. The lowest BCUT2D eigenvalue weighted by molar-refractivity contribution is 0.202. The minimum Gasteiger partial charge on any atom is -0.378 e. The first-order valence-corrected chi connectivity index (χ1v) is 7.35. The molecule has 0 aliphatic carbocycles. The van der Waals surface area contributed by atoms with Gasteiger partial charge in [0.1, 0.15) is 0 Å². The molecule has 0 amide bonds. The lowest BCUT2D eigenvalue weighted by Crippen LogP contribution is -2.35. The standard InChI is InChI=1S/C16H29N3/c1-5-11-19(12-6-2)16(13-17)14-7-9-15(10-8-14)18(3)4/h7-10,16H,5-6,11-13,17H2,1-4H3. The highest BCUT2D eigenvalue weighted by Gasteiger charge is 2.17. The Labute approximate surface area is 118 Å². The van der Waals surface area contributed by atoms with Gasteiger partial charge in [-0.1, -0.05) is 26.0 Å². The van der Waals surface area contributed by atoms with Crippen LogP contribution in [0.25, 0.3) is 0 Å². The van der Waals surface area contributed by atoms with E-state index in [2.05, 4.69) is 62.0 Å². The monoisotopic (exact) mass is 263 g/mol. The van der Waals surface area contributed by atoms with Crippen molar-refractivity contribution in [3.63, 3.8) is 0 Å². The van der Waals surface area contributed by atoms with Gasteiger partial charge in [0, 0.05) is 32.4 Å². The topological polar surface area (TPSA) is 32.5 Å². The van der Waals surface area contributed by atoms with E-state index in [1.165, 1.54) is 24.1 Å². The SMILES string of the molecule is CCCN(CCC)C(CN)c1ccc(N(C)C)cc1. The van der Waals surface area contributed by atoms with Crippen molar-refractivity contribution in [1.82, 2.24) is 4.90 Å². The molecule has 0 aliphatic rings. The van der Waals surface area contributed by atoms with Gasteiger partial charge in [0.2, 0.25) is 0 Å². The second-order valence-electron chi connectivity index (χ2n) is 5.27. The normalized spacial score (nSPS) is 12.7. The summed E-state index contributed by atoms with van der Waals surface area (Å²) in [7, 11) is 4.13. The van der Waals surface area contributed by atoms with Crippen LogP contribution in [0.4, 0.5) is 5.69 Å². The minimum absolute atomic E-state index is 0.344. The number of hydrogen-bond donors (Lipinski definition) is 1. The summed E-state index contributed by atoms with van der Waals surface area (Å²) in [5.74, 6) is 0. The smallest absolute Gasteiger partial charge is 0.0470 e. The lowest BCUT2D eigenvalue weighted by Gasteiger charge is -2.31. The molecule has 0 aromatic heterocycles.